The summed E-state index contributed by atoms with van der Waals surface area (Å²) >= 11 is 1.59. The van der Waals surface area contributed by atoms with E-state index in [9.17, 15) is 13.2 Å². The Hall–Kier alpha value is -1.99. The molecular weight excluding hydrogens is 394 g/mol. The van der Waals surface area contributed by atoms with E-state index < -0.39 is 9.84 Å². The minimum atomic E-state index is -3.32. The summed E-state index contributed by atoms with van der Waals surface area (Å²) in [5.41, 5.74) is 0.526. The SMILES string of the molecule is COc1ccc(SCCC(=O)Nc2cccc(S(=O)(=O)C3CCCC3)c2)cc1. The number of sulfone groups is 1. The van der Waals surface area contributed by atoms with E-state index in [0.717, 1.165) is 36.3 Å². The van der Waals surface area contributed by atoms with Crippen LogP contribution in [0.3, 0.4) is 0 Å². The number of amides is 1. The molecule has 0 atom stereocenters. The Labute approximate surface area is 170 Å². The Morgan fingerprint density at radius 1 is 1.14 bits per heavy atom. The van der Waals surface area contributed by atoms with Crippen molar-refractivity contribution in [2.24, 2.45) is 0 Å². The molecule has 1 saturated carbocycles. The van der Waals surface area contributed by atoms with Crippen molar-refractivity contribution < 1.29 is 17.9 Å². The van der Waals surface area contributed by atoms with Crippen molar-refractivity contribution in [3.05, 3.63) is 48.5 Å². The van der Waals surface area contributed by atoms with Gasteiger partial charge in [-0.05, 0) is 55.3 Å². The fraction of sp³-hybridized carbons (Fsp3) is 0.381. The fourth-order valence-corrected chi connectivity index (χ4v) is 6.05. The first-order valence-corrected chi connectivity index (χ1v) is 11.9. The average Bonchev–Trinajstić information content (AvgIpc) is 3.24. The lowest BCUT2D eigenvalue weighted by atomic mass is 10.3. The Morgan fingerprint density at radius 2 is 1.86 bits per heavy atom. The molecule has 0 aliphatic heterocycles. The normalized spacial score (nSPS) is 14.8. The summed E-state index contributed by atoms with van der Waals surface area (Å²) in [5.74, 6) is 1.31. The largest absolute Gasteiger partial charge is 0.497 e. The van der Waals surface area contributed by atoms with Gasteiger partial charge in [0.2, 0.25) is 5.91 Å². The molecule has 2 aromatic carbocycles. The lowest BCUT2D eigenvalue weighted by molar-refractivity contribution is -0.115. The molecule has 0 unspecified atom stereocenters. The third-order valence-electron chi connectivity index (χ3n) is 4.84. The van der Waals surface area contributed by atoms with Gasteiger partial charge in [0.15, 0.2) is 9.84 Å². The van der Waals surface area contributed by atoms with Crippen LogP contribution in [0.1, 0.15) is 32.1 Å². The highest BCUT2D eigenvalue weighted by Crippen LogP contribution is 2.30. The van der Waals surface area contributed by atoms with Crippen LogP contribution >= 0.6 is 11.8 Å². The maximum Gasteiger partial charge on any atom is 0.225 e. The smallest absolute Gasteiger partial charge is 0.225 e. The van der Waals surface area contributed by atoms with Crippen molar-refractivity contribution >= 4 is 33.2 Å². The summed E-state index contributed by atoms with van der Waals surface area (Å²) in [7, 11) is -1.70. The molecule has 0 spiro atoms. The number of hydrogen-bond acceptors (Lipinski definition) is 5. The van der Waals surface area contributed by atoms with E-state index in [1.807, 2.05) is 24.3 Å². The molecule has 0 aromatic heterocycles. The highest BCUT2D eigenvalue weighted by atomic mass is 32.2. The number of hydrogen-bond donors (Lipinski definition) is 1. The molecule has 0 heterocycles. The van der Waals surface area contributed by atoms with Gasteiger partial charge >= 0.3 is 0 Å². The van der Waals surface area contributed by atoms with Crippen LogP contribution in [0, 0.1) is 0 Å². The monoisotopic (exact) mass is 419 g/mol. The predicted octanol–water partition coefficient (Wildman–Crippen LogP) is 4.53. The number of anilines is 1. The zero-order valence-electron chi connectivity index (χ0n) is 15.9. The summed E-state index contributed by atoms with van der Waals surface area (Å²) in [6.07, 6.45) is 3.72. The standard InChI is InChI=1S/C21H25NO4S2/c1-26-17-9-11-18(12-10-17)27-14-13-21(23)22-16-5-4-8-20(15-16)28(24,25)19-6-2-3-7-19/h4-5,8-12,15,19H,2-3,6-7,13-14H2,1H3,(H,22,23). The van der Waals surface area contributed by atoms with Crippen molar-refractivity contribution in [1.82, 2.24) is 0 Å². The van der Waals surface area contributed by atoms with E-state index in [4.69, 9.17) is 4.74 Å². The minimum Gasteiger partial charge on any atom is -0.497 e. The Morgan fingerprint density at radius 3 is 2.54 bits per heavy atom. The third kappa shape index (κ3) is 5.29. The van der Waals surface area contributed by atoms with Gasteiger partial charge in [-0.3, -0.25) is 4.79 Å². The number of thioether (sulfide) groups is 1. The minimum absolute atomic E-state index is 0.128. The van der Waals surface area contributed by atoms with Gasteiger partial charge in [0, 0.05) is 22.8 Å². The van der Waals surface area contributed by atoms with E-state index in [0.29, 0.717) is 22.8 Å². The maximum atomic E-state index is 12.7. The van der Waals surface area contributed by atoms with Crippen LogP contribution in [0.4, 0.5) is 5.69 Å². The highest BCUT2D eigenvalue weighted by Gasteiger charge is 2.30. The second-order valence-corrected chi connectivity index (χ2v) is 10.2. The first-order chi connectivity index (χ1) is 13.5. The molecule has 150 valence electrons. The molecule has 1 fully saturated rings. The van der Waals surface area contributed by atoms with Crippen molar-refractivity contribution in [3.8, 4) is 5.75 Å². The second kappa shape index (κ2) is 9.47. The van der Waals surface area contributed by atoms with Crippen molar-refractivity contribution in [1.29, 1.82) is 0 Å². The summed E-state index contributed by atoms with van der Waals surface area (Å²) < 4.78 is 30.6. The first kappa shape index (κ1) is 20.7. The molecule has 1 aliphatic carbocycles. The molecule has 2 aromatic rings. The van der Waals surface area contributed by atoms with E-state index in [-0.39, 0.29) is 11.2 Å². The number of ether oxygens (including phenoxy) is 1. The van der Waals surface area contributed by atoms with Crippen LogP contribution in [0.25, 0.3) is 0 Å². The topological polar surface area (TPSA) is 72.5 Å². The Bertz CT molecular complexity index is 904. The number of rotatable bonds is 8. The first-order valence-electron chi connectivity index (χ1n) is 9.40. The third-order valence-corrected chi connectivity index (χ3v) is 8.12. The maximum absolute atomic E-state index is 12.7. The van der Waals surface area contributed by atoms with Gasteiger partial charge in [0.25, 0.3) is 0 Å². The quantitative estimate of drug-likeness (QED) is 0.636. The van der Waals surface area contributed by atoms with Gasteiger partial charge in [-0.15, -0.1) is 11.8 Å². The van der Waals surface area contributed by atoms with Gasteiger partial charge in [0.05, 0.1) is 17.3 Å². The van der Waals surface area contributed by atoms with Crippen LogP contribution in [0.15, 0.2) is 58.3 Å². The number of carbonyl (C=O) groups excluding carboxylic acids is 1. The summed E-state index contributed by atoms with van der Waals surface area (Å²) in [5, 5.41) is 2.52. The molecule has 7 heteroatoms. The van der Waals surface area contributed by atoms with Crippen LogP contribution in [0.5, 0.6) is 5.75 Å². The summed E-state index contributed by atoms with van der Waals surface area (Å²) in [4.78, 5) is 13.6. The van der Waals surface area contributed by atoms with Gasteiger partial charge < -0.3 is 10.1 Å². The van der Waals surface area contributed by atoms with Gasteiger partial charge in [0.1, 0.15) is 5.75 Å². The zero-order valence-corrected chi connectivity index (χ0v) is 17.5. The molecule has 1 amide bonds. The molecule has 28 heavy (non-hydrogen) atoms. The zero-order chi connectivity index (χ0) is 20.0. The predicted molar refractivity (Wildman–Crippen MR) is 113 cm³/mol. The van der Waals surface area contributed by atoms with Crippen LogP contribution < -0.4 is 10.1 Å². The number of benzene rings is 2. The summed E-state index contributed by atoms with van der Waals surface area (Å²) in [6, 6.07) is 14.3. The Balaban J connectivity index is 1.53. The van der Waals surface area contributed by atoms with E-state index in [1.165, 1.54) is 0 Å². The molecule has 3 rings (SSSR count). The van der Waals surface area contributed by atoms with Crippen LogP contribution in [-0.2, 0) is 14.6 Å². The second-order valence-electron chi connectivity index (χ2n) is 6.80. The van der Waals surface area contributed by atoms with E-state index in [2.05, 4.69) is 5.32 Å². The number of nitrogens with one attached hydrogen (secondary N) is 1. The van der Waals surface area contributed by atoms with Crippen molar-refractivity contribution in [3.63, 3.8) is 0 Å². The Kier molecular flexibility index (Phi) is 7.02. The lowest BCUT2D eigenvalue weighted by Gasteiger charge is -2.12. The molecule has 0 radical (unpaired) electrons. The number of carbonyl (C=O) groups is 1. The molecule has 1 N–H and O–H groups in total. The molecule has 0 bridgehead atoms. The molecule has 5 nitrogen and oxygen atoms in total. The molecular formula is C21H25NO4S2. The molecule has 1 aliphatic rings. The lowest BCUT2D eigenvalue weighted by Crippen LogP contribution is -2.18. The number of methoxy groups -OCH3 is 1. The van der Waals surface area contributed by atoms with Gasteiger partial charge in [-0.25, -0.2) is 8.42 Å². The van der Waals surface area contributed by atoms with Crippen LogP contribution in [-0.4, -0.2) is 32.4 Å². The van der Waals surface area contributed by atoms with E-state index in [1.54, 1.807) is 43.1 Å². The average molecular weight is 420 g/mol. The van der Waals surface area contributed by atoms with E-state index >= 15 is 0 Å². The fourth-order valence-electron chi connectivity index (χ4n) is 3.30. The molecule has 0 saturated heterocycles. The van der Waals surface area contributed by atoms with Crippen LogP contribution in [0.2, 0.25) is 0 Å². The van der Waals surface area contributed by atoms with Gasteiger partial charge in [-0.1, -0.05) is 18.9 Å². The van der Waals surface area contributed by atoms with Crippen molar-refractivity contribution in [2.45, 2.75) is 47.1 Å². The highest BCUT2D eigenvalue weighted by molar-refractivity contribution is 7.99. The van der Waals surface area contributed by atoms with Gasteiger partial charge in [-0.2, -0.15) is 0 Å². The van der Waals surface area contributed by atoms with Crippen molar-refractivity contribution in [2.75, 3.05) is 18.2 Å². The summed E-state index contributed by atoms with van der Waals surface area (Å²) in [6.45, 7) is 0.